The molecule has 8 nitrogen and oxygen atoms in total. The Hall–Kier alpha value is -3.21. The van der Waals surface area contributed by atoms with E-state index in [-0.39, 0.29) is 17.7 Å². The van der Waals surface area contributed by atoms with Crippen LogP contribution in [0.2, 0.25) is 0 Å². The van der Waals surface area contributed by atoms with Crippen LogP contribution in [0.4, 0.5) is 5.82 Å². The van der Waals surface area contributed by atoms with Gasteiger partial charge in [0.05, 0.1) is 18.5 Å². The largest absolute Gasteiger partial charge is 0.293 e. The summed E-state index contributed by atoms with van der Waals surface area (Å²) < 4.78 is 3.43. The Bertz CT molecular complexity index is 1100. The lowest BCUT2D eigenvalue weighted by atomic mass is 9.75. The highest BCUT2D eigenvalue weighted by atomic mass is 16.2. The van der Waals surface area contributed by atoms with E-state index in [1.165, 1.54) is 0 Å². The zero-order valence-electron chi connectivity index (χ0n) is 15.2. The van der Waals surface area contributed by atoms with Crippen LogP contribution in [0.5, 0.6) is 0 Å². The van der Waals surface area contributed by atoms with Crippen LogP contribution < -0.4 is 4.90 Å². The number of aromatic nitrogens is 5. The van der Waals surface area contributed by atoms with Crippen molar-refractivity contribution in [2.45, 2.75) is 19.8 Å². The van der Waals surface area contributed by atoms with Gasteiger partial charge in [-0.1, -0.05) is 6.92 Å². The number of hydrogen-bond donors (Lipinski definition) is 0. The van der Waals surface area contributed by atoms with E-state index in [2.05, 4.69) is 16.3 Å². The number of fused-ring (bicyclic) bond motifs is 1. The van der Waals surface area contributed by atoms with E-state index < -0.39 is 5.41 Å². The third kappa shape index (κ3) is 2.14. The molecule has 1 aliphatic heterocycles. The quantitative estimate of drug-likeness (QED) is 0.712. The maximum Gasteiger partial charge on any atom is 0.249 e. The highest BCUT2D eigenvalue weighted by Gasteiger charge is 2.61. The minimum atomic E-state index is -0.931. The van der Waals surface area contributed by atoms with E-state index in [0.717, 1.165) is 18.4 Å². The van der Waals surface area contributed by atoms with Crippen molar-refractivity contribution in [2.75, 3.05) is 11.4 Å². The number of carbonyl (C=O) groups excluding carboxylic acids is 1. The molecule has 0 N–H and O–H groups in total. The van der Waals surface area contributed by atoms with Crippen LogP contribution in [0.1, 0.15) is 19.8 Å². The van der Waals surface area contributed by atoms with Crippen LogP contribution in [0.15, 0.2) is 30.7 Å². The second-order valence-electron chi connectivity index (χ2n) is 7.56. The molecule has 27 heavy (non-hydrogen) atoms. The van der Waals surface area contributed by atoms with Crippen molar-refractivity contribution in [3.8, 4) is 17.5 Å². The van der Waals surface area contributed by atoms with Crippen molar-refractivity contribution in [1.29, 1.82) is 5.26 Å². The summed E-state index contributed by atoms with van der Waals surface area (Å²) in [5, 5.41) is 18.6. The van der Waals surface area contributed by atoms with E-state index in [4.69, 9.17) is 4.98 Å². The van der Waals surface area contributed by atoms with Crippen LogP contribution in [0.3, 0.4) is 0 Å². The first-order chi connectivity index (χ1) is 13.0. The lowest BCUT2D eigenvalue weighted by Gasteiger charge is -2.23. The highest BCUT2D eigenvalue weighted by molar-refractivity contribution is 6.04. The molecule has 0 aromatic carbocycles. The number of nitrogens with zero attached hydrogens (tertiary/aromatic N) is 7. The van der Waals surface area contributed by atoms with Gasteiger partial charge in [0.1, 0.15) is 22.3 Å². The third-order valence-electron chi connectivity index (χ3n) is 5.84. The van der Waals surface area contributed by atoms with Gasteiger partial charge < -0.3 is 0 Å². The fourth-order valence-corrected chi connectivity index (χ4v) is 4.27. The molecule has 136 valence electrons. The summed E-state index contributed by atoms with van der Waals surface area (Å²) in [5.41, 5.74) is 1.17. The van der Waals surface area contributed by atoms with Gasteiger partial charge in [0.2, 0.25) is 5.91 Å². The van der Waals surface area contributed by atoms with Crippen LogP contribution in [0.25, 0.3) is 16.9 Å². The molecule has 1 saturated heterocycles. The number of nitriles is 1. The maximum absolute atomic E-state index is 13.4. The Morgan fingerprint density at radius 1 is 1.30 bits per heavy atom. The summed E-state index contributed by atoms with van der Waals surface area (Å²) in [5.74, 6) is 0.541. The molecule has 3 aromatic heterocycles. The Kier molecular flexibility index (Phi) is 3.20. The zero-order chi connectivity index (χ0) is 18.8. The number of rotatable bonds is 3. The normalized spacial score (nSPS) is 25.3. The molecular weight excluding hydrogens is 342 g/mol. The van der Waals surface area contributed by atoms with Crippen LogP contribution in [-0.2, 0) is 11.8 Å². The SMILES string of the molecule is C[C@@H]1CN(c2nc(-c3ccn(C)n3)cn3nccc23)C(=O)[C@]1(C#N)C1CC1. The van der Waals surface area contributed by atoms with Gasteiger partial charge in [-0.2, -0.15) is 15.5 Å². The minimum absolute atomic E-state index is 0.0363. The number of aryl methyl sites for hydroxylation is 1. The predicted molar refractivity (Wildman–Crippen MR) is 97.5 cm³/mol. The second-order valence-corrected chi connectivity index (χ2v) is 7.56. The van der Waals surface area contributed by atoms with Crippen molar-refractivity contribution >= 4 is 17.2 Å². The van der Waals surface area contributed by atoms with E-state index in [1.54, 1.807) is 20.3 Å². The van der Waals surface area contributed by atoms with Gasteiger partial charge in [-0.15, -0.1) is 0 Å². The zero-order valence-corrected chi connectivity index (χ0v) is 15.2. The van der Waals surface area contributed by atoms with Crippen LogP contribution >= 0.6 is 0 Å². The Morgan fingerprint density at radius 3 is 2.78 bits per heavy atom. The molecule has 1 amide bonds. The molecule has 4 heterocycles. The number of carbonyl (C=O) groups is 1. The molecule has 5 rings (SSSR count). The summed E-state index contributed by atoms with van der Waals surface area (Å²) in [7, 11) is 1.85. The fraction of sp³-hybridized carbons (Fsp3) is 0.421. The standard InChI is InChI=1S/C19H19N7O/c1-12-9-25(18(27)19(12,11-20)13-3-4-13)17-16-5-7-21-26(16)10-15(22-17)14-6-8-24(2)23-14/h5-8,10,12-13H,3-4,9H2,1-2H3/t12-,19+/m1/s1. The van der Waals surface area contributed by atoms with Crippen LogP contribution in [-0.4, -0.2) is 36.8 Å². The molecule has 8 heteroatoms. The first-order valence-electron chi connectivity index (χ1n) is 9.12. The summed E-state index contributed by atoms with van der Waals surface area (Å²) in [6, 6.07) is 6.09. The molecule has 2 fully saturated rings. The van der Waals surface area contributed by atoms with Crippen molar-refractivity contribution in [3.05, 3.63) is 30.7 Å². The number of anilines is 1. The Balaban J connectivity index is 1.66. The van der Waals surface area contributed by atoms with E-state index in [0.29, 0.717) is 23.8 Å². The average Bonchev–Trinajstić information content (AvgIpc) is 3.12. The summed E-state index contributed by atoms with van der Waals surface area (Å²) in [6.45, 7) is 2.48. The van der Waals surface area contributed by atoms with Gasteiger partial charge in [-0.3, -0.25) is 14.4 Å². The Morgan fingerprint density at radius 2 is 2.11 bits per heavy atom. The van der Waals surface area contributed by atoms with Gasteiger partial charge in [-0.25, -0.2) is 9.50 Å². The van der Waals surface area contributed by atoms with Crippen molar-refractivity contribution < 1.29 is 4.79 Å². The molecule has 0 bridgehead atoms. The molecule has 0 radical (unpaired) electrons. The molecule has 1 saturated carbocycles. The van der Waals surface area contributed by atoms with E-state index in [1.807, 2.05) is 38.5 Å². The van der Waals surface area contributed by atoms with Gasteiger partial charge in [0, 0.05) is 25.7 Å². The molecule has 3 aromatic rings. The molecule has 1 aliphatic carbocycles. The first-order valence-corrected chi connectivity index (χ1v) is 9.12. The molecule has 0 unspecified atom stereocenters. The predicted octanol–water partition coefficient (Wildman–Crippen LogP) is 2.03. The smallest absolute Gasteiger partial charge is 0.249 e. The molecule has 0 spiro atoms. The third-order valence-corrected chi connectivity index (χ3v) is 5.84. The van der Waals surface area contributed by atoms with Crippen molar-refractivity contribution in [1.82, 2.24) is 24.4 Å². The lowest BCUT2D eigenvalue weighted by molar-refractivity contribution is -0.124. The van der Waals surface area contributed by atoms with E-state index in [9.17, 15) is 10.1 Å². The highest BCUT2D eigenvalue weighted by Crippen LogP contribution is 2.54. The fourth-order valence-electron chi connectivity index (χ4n) is 4.27. The molecule has 2 atom stereocenters. The monoisotopic (exact) mass is 361 g/mol. The average molecular weight is 361 g/mol. The van der Waals surface area contributed by atoms with Gasteiger partial charge >= 0.3 is 0 Å². The van der Waals surface area contributed by atoms with Gasteiger partial charge in [0.25, 0.3) is 0 Å². The number of hydrogen-bond acceptors (Lipinski definition) is 5. The minimum Gasteiger partial charge on any atom is -0.293 e. The second kappa shape index (κ2) is 5.39. The van der Waals surface area contributed by atoms with E-state index >= 15 is 0 Å². The van der Waals surface area contributed by atoms with Gasteiger partial charge in [0.15, 0.2) is 5.82 Å². The topological polar surface area (TPSA) is 92.1 Å². The lowest BCUT2D eigenvalue weighted by Crippen LogP contribution is -2.37. The Labute approximate surface area is 156 Å². The van der Waals surface area contributed by atoms with Crippen molar-refractivity contribution in [2.24, 2.45) is 24.3 Å². The van der Waals surface area contributed by atoms with Crippen LogP contribution in [0, 0.1) is 28.6 Å². The summed E-state index contributed by atoms with van der Waals surface area (Å²) in [4.78, 5) is 19.8. The van der Waals surface area contributed by atoms with Crippen molar-refractivity contribution in [3.63, 3.8) is 0 Å². The first kappa shape index (κ1) is 16.0. The summed E-state index contributed by atoms with van der Waals surface area (Å²) in [6.07, 6.45) is 7.23. The molecular formula is C19H19N7O. The number of amides is 1. The molecule has 2 aliphatic rings. The maximum atomic E-state index is 13.4. The summed E-state index contributed by atoms with van der Waals surface area (Å²) >= 11 is 0. The van der Waals surface area contributed by atoms with Gasteiger partial charge in [-0.05, 0) is 30.9 Å².